The van der Waals surface area contributed by atoms with E-state index in [1.165, 1.54) is 31.7 Å². The number of hydrogen-bond acceptors (Lipinski definition) is 5. The smallest absolute Gasteiger partial charge is 0.288 e. The first-order chi connectivity index (χ1) is 10.1. The second kappa shape index (κ2) is 5.31. The van der Waals surface area contributed by atoms with Crippen molar-refractivity contribution in [2.45, 2.75) is 25.7 Å². The third kappa shape index (κ3) is 3.12. The zero-order valence-electron chi connectivity index (χ0n) is 11.6. The molecule has 2 aliphatic rings. The first kappa shape index (κ1) is 13.8. The van der Waals surface area contributed by atoms with Crippen molar-refractivity contribution in [1.29, 1.82) is 0 Å². The number of nitrogen functional groups attached to an aromatic ring is 1. The van der Waals surface area contributed by atoms with Gasteiger partial charge in [0.15, 0.2) is 0 Å². The minimum atomic E-state index is -0.583. The molecule has 2 fully saturated rings. The van der Waals surface area contributed by atoms with Gasteiger partial charge >= 0.3 is 0 Å². The van der Waals surface area contributed by atoms with Gasteiger partial charge in [0, 0.05) is 12.6 Å². The number of rotatable bonds is 6. The number of anilines is 1. The van der Waals surface area contributed by atoms with Crippen LogP contribution >= 0.6 is 0 Å². The lowest BCUT2D eigenvalue weighted by molar-refractivity contribution is -0.385. The van der Waals surface area contributed by atoms with Gasteiger partial charge in [-0.05, 0) is 43.4 Å². The van der Waals surface area contributed by atoms with Crippen LogP contribution in [0.4, 0.5) is 11.5 Å². The maximum atomic E-state index is 12.2. The van der Waals surface area contributed by atoms with Crippen LogP contribution in [0.5, 0.6) is 0 Å². The van der Waals surface area contributed by atoms with Crippen LogP contribution in [0, 0.1) is 27.9 Å². The van der Waals surface area contributed by atoms with Gasteiger partial charge in [-0.3, -0.25) is 14.9 Å². The standard InChI is InChI=1S/C14H18N4O3/c15-13-11(5-10(6-16-13)18(20)21)14(19)17-7-12(8-1-2-8)9-3-4-9/h5-6,8-9,12H,1-4,7H2,(H2,15,16)(H,17,19). The number of nitrogens with zero attached hydrogens (tertiary/aromatic N) is 2. The molecule has 3 N–H and O–H groups in total. The van der Waals surface area contributed by atoms with Gasteiger partial charge in [0.1, 0.15) is 12.0 Å². The lowest BCUT2D eigenvalue weighted by Crippen LogP contribution is -2.31. The summed E-state index contributed by atoms with van der Waals surface area (Å²) >= 11 is 0. The van der Waals surface area contributed by atoms with Crippen molar-refractivity contribution in [2.75, 3.05) is 12.3 Å². The van der Waals surface area contributed by atoms with E-state index in [9.17, 15) is 14.9 Å². The largest absolute Gasteiger partial charge is 0.383 e. The summed E-state index contributed by atoms with van der Waals surface area (Å²) in [5, 5.41) is 13.6. The number of hydrogen-bond donors (Lipinski definition) is 2. The molecule has 1 aromatic rings. The molecular formula is C14H18N4O3. The normalized spacial score (nSPS) is 17.8. The molecule has 1 amide bonds. The third-order valence-corrected chi connectivity index (χ3v) is 4.31. The van der Waals surface area contributed by atoms with Crippen LogP contribution in [0.25, 0.3) is 0 Å². The Bertz CT molecular complexity index is 570. The quantitative estimate of drug-likeness (QED) is 0.612. The Kier molecular flexibility index (Phi) is 3.48. The molecular weight excluding hydrogens is 272 g/mol. The van der Waals surface area contributed by atoms with E-state index in [0.717, 1.165) is 18.0 Å². The maximum absolute atomic E-state index is 12.2. The lowest BCUT2D eigenvalue weighted by atomic mass is 9.98. The van der Waals surface area contributed by atoms with Crippen LogP contribution in [0.3, 0.4) is 0 Å². The van der Waals surface area contributed by atoms with Gasteiger partial charge in [0.25, 0.3) is 11.6 Å². The molecule has 0 radical (unpaired) electrons. The van der Waals surface area contributed by atoms with Crippen LogP contribution in [-0.2, 0) is 0 Å². The molecule has 3 rings (SSSR count). The SMILES string of the molecule is Nc1ncc([N+](=O)[O-])cc1C(=O)NCC(C1CC1)C1CC1. The number of pyridine rings is 1. The molecule has 2 saturated carbocycles. The van der Waals surface area contributed by atoms with Gasteiger partial charge in [0.2, 0.25) is 0 Å². The van der Waals surface area contributed by atoms with E-state index in [2.05, 4.69) is 10.3 Å². The number of nitro groups is 1. The van der Waals surface area contributed by atoms with Crippen molar-refractivity contribution in [3.63, 3.8) is 0 Å². The van der Waals surface area contributed by atoms with Gasteiger partial charge < -0.3 is 11.1 Å². The average molecular weight is 290 g/mol. The number of aromatic nitrogens is 1. The fraction of sp³-hybridized carbons (Fsp3) is 0.571. The Morgan fingerprint density at radius 3 is 2.57 bits per heavy atom. The minimum absolute atomic E-state index is 0.0208. The second-order valence-electron chi connectivity index (χ2n) is 5.93. The minimum Gasteiger partial charge on any atom is -0.383 e. The molecule has 0 spiro atoms. The molecule has 0 atom stereocenters. The Morgan fingerprint density at radius 2 is 2.05 bits per heavy atom. The molecule has 1 aromatic heterocycles. The molecule has 0 unspecified atom stereocenters. The van der Waals surface area contributed by atoms with Crippen molar-refractivity contribution >= 4 is 17.4 Å². The molecule has 0 aliphatic heterocycles. The highest BCUT2D eigenvalue weighted by atomic mass is 16.6. The summed E-state index contributed by atoms with van der Waals surface area (Å²) in [5.41, 5.74) is 5.50. The summed E-state index contributed by atoms with van der Waals surface area (Å²) in [6, 6.07) is 1.18. The van der Waals surface area contributed by atoms with Gasteiger partial charge in [-0.2, -0.15) is 0 Å². The summed E-state index contributed by atoms with van der Waals surface area (Å²) in [6.07, 6.45) is 6.05. The van der Waals surface area contributed by atoms with Crippen molar-refractivity contribution in [2.24, 2.45) is 17.8 Å². The molecule has 7 nitrogen and oxygen atoms in total. The van der Waals surface area contributed by atoms with Crippen LogP contribution in [-0.4, -0.2) is 22.4 Å². The molecule has 1 heterocycles. The molecule has 7 heteroatoms. The van der Waals surface area contributed by atoms with E-state index in [1.54, 1.807) is 0 Å². The van der Waals surface area contributed by atoms with Crippen molar-refractivity contribution < 1.29 is 9.72 Å². The van der Waals surface area contributed by atoms with Crippen LogP contribution < -0.4 is 11.1 Å². The number of nitrogens with one attached hydrogen (secondary N) is 1. The van der Waals surface area contributed by atoms with E-state index in [4.69, 9.17) is 5.73 Å². The fourth-order valence-electron chi connectivity index (χ4n) is 2.82. The average Bonchev–Trinajstić information content (AvgIpc) is 3.32. The molecule has 21 heavy (non-hydrogen) atoms. The second-order valence-corrected chi connectivity index (χ2v) is 5.93. The number of carbonyl (C=O) groups excluding carboxylic acids is 1. The van der Waals surface area contributed by atoms with Gasteiger partial charge in [-0.25, -0.2) is 4.98 Å². The van der Waals surface area contributed by atoms with Crippen LogP contribution in [0.1, 0.15) is 36.0 Å². The summed E-state index contributed by atoms with van der Waals surface area (Å²) in [4.78, 5) is 26.1. The summed E-state index contributed by atoms with van der Waals surface area (Å²) in [5.74, 6) is 1.65. The number of amides is 1. The zero-order chi connectivity index (χ0) is 15.0. The molecule has 0 saturated heterocycles. The van der Waals surface area contributed by atoms with E-state index in [-0.39, 0.29) is 23.0 Å². The first-order valence-corrected chi connectivity index (χ1v) is 7.24. The molecule has 112 valence electrons. The Labute approximate surface area is 122 Å². The Balaban J connectivity index is 1.66. The van der Waals surface area contributed by atoms with E-state index in [1.807, 2.05) is 0 Å². The summed E-state index contributed by atoms with van der Waals surface area (Å²) in [7, 11) is 0. The van der Waals surface area contributed by atoms with E-state index in [0.29, 0.717) is 12.5 Å². The fourth-order valence-corrected chi connectivity index (χ4v) is 2.82. The molecule has 2 aliphatic carbocycles. The predicted octanol–water partition coefficient (Wildman–Crippen LogP) is 1.74. The number of nitrogens with two attached hydrogens (primary N) is 1. The van der Waals surface area contributed by atoms with Gasteiger partial charge in [-0.15, -0.1) is 0 Å². The highest BCUT2D eigenvalue weighted by molar-refractivity contribution is 5.98. The predicted molar refractivity (Wildman–Crippen MR) is 76.6 cm³/mol. The monoisotopic (exact) mass is 290 g/mol. The van der Waals surface area contributed by atoms with E-state index >= 15 is 0 Å². The van der Waals surface area contributed by atoms with Crippen LogP contribution in [0.15, 0.2) is 12.3 Å². The Morgan fingerprint density at radius 1 is 1.43 bits per heavy atom. The summed E-state index contributed by atoms with van der Waals surface area (Å²) in [6.45, 7) is 0.621. The van der Waals surface area contributed by atoms with Crippen molar-refractivity contribution in [1.82, 2.24) is 10.3 Å². The van der Waals surface area contributed by atoms with Crippen LogP contribution in [0.2, 0.25) is 0 Å². The highest BCUT2D eigenvalue weighted by Gasteiger charge is 2.41. The number of carbonyl (C=O) groups is 1. The van der Waals surface area contributed by atoms with Crippen molar-refractivity contribution in [3.8, 4) is 0 Å². The highest BCUT2D eigenvalue weighted by Crippen LogP contribution is 2.48. The molecule has 0 aromatic carbocycles. The summed E-state index contributed by atoms with van der Waals surface area (Å²) < 4.78 is 0. The van der Waals surface area contributed by atoms with Crippen molar-refractivity contribution in [3.05, 3.63) is 27.9 Å². The lowest BCUT2D eigenvalue weighted by Gasteiger charge is -2.16. The van der Waals surface area contributed by atoms with Gasteiger partial charge in [-0.1, -0.05) is 0 Å². The first-order valence-electron chi connectivity index (χ1n) is 7.24. The van der Waals surface area contributed by atoms with E-state index < -0.39 is 4.92 Å². The Hall–Kier alpha value is -2.18. The van der Waals surface area contributed by atoms with Gasteiger partial charge in [0.05, 0.1) is 10.5 Å². The maximum Gasteiger partial charge on any atom is 0.288 e. The zero-order valence-corrected chi connectivity index (χ0v) is 11.6. The third-order valence-electron chi connectivity index (χ3n) is 4.31. The molecule has 0 bridgehead atoms. The topological polar surface area (TPSA) is 111 Å².